The van der Waals surface area contributed by atoms with E-state index in [9.17, 15) is 9.59 Å². The number of nitrogens with one attached hydrogen (secondary N) is 2. The molecule has 2 aromatic rings. The molecule has 0 aliphatic carbocycles. The Bertz CT molecular complexity index is 763. The van der Waals surface area contributed by atoms with Crippen LogP contribution in [0.4, 0.5) is 5.82 Å². The molecule has 1 atom stereocenters. The average Bonchev–Trinajstić information content (AvgIpc) is 2.67. The van der Waals surface area contributed by atoms with Gasteiger partial charge in [-0.25, -0.2) is 4.98 Å². The van der Waals surface area contributed by atoms with E-state index in [4.69, 9.17) is 0 Å². The number of nitrogens with zero attached hydrogens (tertiary/aromatic N) is 2. The van der Waals surface area contributed by atoms with Crippen molar-refractivity contribution in [1.82, 2.24) is 15.6 Å². The molecule has 136 valence electrons. The van der Waals surface area contributed by atoms with Crippen LogP contribution in [0.15, 0.2) is 48.7 Å². The Morgan fingerprint density at radius 2 is 2.08 bits per heavy atom. The fourth-order valence-corrected chi connectivity index (χ4v) is 3.17. The third-order valence-electron chi connectivity index (χ3n) is 4.55. The van der Waals surface area contributed by atoms with Crippen LogP contribution >= 0.6 is 0 Å². The largest absolute Gasteiger partial charge is 0.355 e. The van der Waals surface area contributed by atoms with E-state index in [0.717, 1.165) is 24.3 Å². The number of amides is 2. The number of carbonyl (C=O) groups excluding carboxylic acids is 2. The van der Waals surface area contributed by atoms with Gasteiger partial charge in [0, 0.05) is 38.4 Å². The molecule has 1 aromatic carbocycles. The van der Waals surface area contributed by atoms with E-state index >= 15 is 0 Å². The molecule has 1 aliphatic heterocycles. The lowest BCUT2D eigenvalue weighted by Gasteiger charge is -2.23. The number of anilines is 1. The van der Waals surface area contributed by atoms with Crippen molar-refractivity contribution in [2.75, 3.05) is 18.5 Å². The number of pyridine rings is 1. The Kier molecular flexibility index (Phi) is 5.84. The van der Waals surface area contributed by atoms with Crippen molar-refractivity contribution in [1.29, 1.82) is 0 Å². The van der Waals surface area contributed by atoms with Crippen LogP contribution in [0.25, 0.3) is 0 Å². The molecule has 6 heteroatoms. The third kappa shape index (κ3) is 4.39. The molecule has 6 nitrogen and oxygen atoms in total. The minimum atomic E-state index is -0.592. The molecule has 2 N–H and O–H groups in total. The summed E-state index contributed by atoms with van der Waals surface area (Å²) in [4.78, 5) is 30.7. The van der Waals surface area contributed by atoms with Gasteiger partial charge in [0.15, 0.2) is 0 Å². The lowest BCUT2D eigenvalue weighted by atomic mass is 9.98. The summed E-state index contributed by atoms with van der Waals surface area (Å²) in [5.74, 6) is -0.167. The van der Waals surface area contributed by atoms with Gasteiger partial charge in [-0.15, -0.1) is 0 Å². The van der Waals surface area contributed by atoms with Crippen LogP contribution in [0.5, 0.6) is 0 Å². The van der Waals surface area contributed by atoms with Gasteiger partial charge in [0.1, 0.15) is 11.7 Å². The summed E-state index contributed by atoms with van der Waals surface area (Å²) in [6, 6.07) is 14.0. The van der Waals surface area contributed by atoms with Crippen molar-refractivity contribution in [3.05, 3.63) is 59.8 Å². The van der Waals surface area contributed by atoms with Gasteiger partial charge in [-0.2, -0.15) is 0 Å². The van der Waals surface area contributed by atoms with Crippen molar-refractivity contribution in [3.63, 3.8) is 0 Å². The van der Waals surface area contributed by atoms with Crippen LogP contribution < -0.4 is 15.5 Å². The third-order valence-corrected chi connectivity index (χ3v) is 4.55. The van der Waals surface area contributed by atoms with Gasteiger partial charge in [-0.05, 0) is 24.5 Å². The quantitative estimate of drug-likeness (QED) is 0.778. The first-order chi connectivity index (χ1) is 12.6. The molecule has 2 amide bonds. The van der Waals surface area contributed by atoms with E-state index in [1.54, 1.807) is 6.20 Å². The molecule has 0 radical (unpaired) electrons. The van der Waals surface area contributed by atoms with Crippen molar-refractivity contribution in [3.8, 4) is 0 Å². The predicted octanol–water partition coefficient (Wildman–Crippen LogP) is 1.86. The smallest absolute Gasteiger partial charge is 0.232 e. The lowest BCUT2D eigenvalue weighted by Crippen LogP contribution is -2.44. The Morgan fingerprint density at radius 3 is 2.85 bits per heavy atom. The Balaban J connectivity index is 1.65. The second-order valence-electron chi connectivity index (χ2n) is 6.53. The topological polar surface area (TPSA) is 74.3 Å². The van der Waals surface area contributed by atoms with Gasteiger partial charge in [-0.1, -0.05) is 36.4 Å². The fourth-order valence-electron chi connectivity index (χ4n) is 3.17. The normalized spacial score (nSPS) is 16.7. The van der Waals surface area contributed by atoms with Gasteiger partial charge in [0.05, 0.1) is 0 Å². The van der Waals surface area contributed by atoms with Crippen molar-refractivity contribution >= 4 is 17.6 Å². The fraction of sp³-hybridized carbons (Fsp3) is 0.350. The summed E-state index contributed by atoms with van der Waals surface area (Å²) < 4.78 is 0. The maximum Gasteiger partial charge on any atom is 0.232 e. The van der Waals surface area contributed by atoms with Crippen molar-refractivity contribution < 1.29 is 9.59 Å². The highest BCUT2D eigenvalue weighted by atomic mass is 16.2. The maximum atomic E-state index is 12.3. The van der Waals surface area contributed by atoms with Gasteiger partial charge in [0.2, 0.25) is 11.8 Å². The van der Waals surface area contributed by atoms with Gasteiger partial charge in [-0.3, -0.25) is 9.59 Å². The highest BCUT2D eigenvalue weighted by molar-refractivity contribution is 6.00. The molecule has 1 aliphatic rings. The van der Waals surface area contributed by atoms with Crippen LogP contribution in [-0.4, -0.2) is 30.4 Å². The number of hydrogen-bond acceptors (Lipinski definition) is 4. The molecule has 26 heavy (non-hydrogen) atoms. The summed E-state index contributed by atoms with van der Waals surface area (Å²) in [5, 5.41) is 5.64. The molecule has 0 bridgehead atoms. The van der Waals surface area contributed by atoms with E-state index in [-0.39, 0.29) is 11.8 Å². The van der Waals surface area contributed by atoms with Gasteiger partial charge in [0.25, 0.3) is 0 Å². The number of benzene rings is 1. The van der Waals surface area contributed by atoms with Crippen LogP contribution in [0.1, 0.15) is 24.0 Å². The summed E-state index contributed by atoms with van der Waals surface area (Å²) in [7, 11) is 1.98. The first-order valence-corrected chi connectivity index (χ1v) is 8.89. The number of rotatable bonds is 6. The second kappa shape index (κ2) is 8.47. The summed E-state index contributed by atoms with van der Waals surface area (Å²) in [5.41, 5.74) is 2.12. The predicted molar refractivity (Wildman–Crippen MR) is 100 cm³/mol. The zero-order chi connectivity index (χ0) is 18.4. The van der Waals surface area contributed by atoms with E-state index in [2.05, 4.69) is 32.7 Å². The second-order valence-corrected chi connectivity index (χ2v) is 6.53. The van der Waals surface area contributed by atoms with E-state index in [0.29, 0.717) is 19.5 Å². The molecule has 2 heterocycles. The number of hydrogen-bond donors (Lipinski definition) is 2. The molecule has 1 aromatic heterocycles. The van der Waals surface area contributed by atoms with Crippen molar-refractivity contribution in [2.24, 2.45) is 5.92 Å². The standard InChI is InChI=1S/C20H24N4O2/c1-24(14-15-7-3-2-4-8-15)18-16(9-5-11-21-18)13-23-20(26)17-10-6-12-22-19(17)25/h2-5,7-9,11,17H,6,10,12-14H2,1H3,(H,22,25)(H,23,26)/t17-/m1/s1. The monoisotopic (exact) mass is 352 g/mol. The summed E-state index contributed by atoms with van der Waals surface area (Å²) >= 11 is 0. The number of aromatic nitrogens is 1. The average molecular weight is 352 g/mol. The first kappa shape index (κ1) is 17.9. The minimum absolute atomic E-state index is 0.179. The molecule has 0 unspecified atom stereocenters. The van der Waals surface area contributed by atoms with Gasteiger partial charge >= 0.3 is 0 Å². The summed E-state index contributed by atoms with van der Waals surface area (Å²) in [6.45, 7) is 1.73. The maximum absolute atomic E-state index is 12.3. The molecule has 3 rings (SSSR count). The Labute approximate surface area is 153 Å². The first-order valence-electron chi connectivity index (χ1n) is 8.89. The molecule has 1 saturated heterocycles. The Morgan fingerprint density at radius 1 is 1.27 bits per heavy atom. The van der Waals surface area contributed by atoms with Crippen LogP contribution in [-0.2, 0) is 22.7 Å². The van der Waals surface area contributed by atoms with Crippen LogP contribution in [0, 0.1) is 5.92 Å². The SMILES string of the molecule is CN(Cc1ccccc1)c1ncccc1CNC(=O)[C@@H]1CCCNC1=O. The van der Waals surface area contributed by atoms with E-state index in [1.807, 2.05) is 37.4 Å². The van der Waals surface area contributed by atoms with Crippen molar-refractivity contribution in [2.45, 2.75) is 25.9 Å². The Hall–Kier alpha value is -2.89. The van der Waals surface area contributed by atoms with Gasteiger partial charge < -0.3 is 15.5 Å². The highest BCUT2D eigenvalue weighted by Gasteiger charge is 2.28. The minimum Gasteiger partial charge on any atom is -0.355 e. The van der Waals surface area contributed by atoms with Crippen LogP contribution in [0.3, 0.4) is 0 Å². The lowest BCUT2D eigenvalue weighted by molar-refractivity contribution is -0.136. The number of carbonyl (C=O) groups is 2. The van der Waals surface area contributed by atoms with E-state index in [1.165, 1.54) is 5.56 Å². The highest BCUT2D eigenvalue weighted by Crippen LogP contribution is 2.19. The molecular weight excluding hydrogens is 328 g/mol. The zero-order valence-electron chi connectivity index (χ0n) is 14.9. The zero-order valence-corrected chi connectivity index (χ0v) is 14.9. The molecular formula is C20H24N4O2. The molecule has 0 saturated carbocycles. The van der Waals surface area contributed by atoms with E-state index < -0.39 is 5.92 Å². The van der Waals surface area contributed by atoms with Crippen LogP contribution in [0.2, 0.25) is 0 Å². The molecule has 0 spiro atoms. The summed E-state index contributed by atoms with van der Waals surface area (Å²) in [6.07, 6.45) is 3.18. The number of piperidine rings is 1. The molecule has 1 fully saturated rings.